The first-order valence-electron chi connectivity index (χ1n) is 4.08. The summed E-state index contributed by atoms with van der Waals surface area (Å²) in [7, 11) is 0. The normalized spacial score (nSPS) is 10.5. The lowest BCUT2D eigenvalue weighted by atomic mass is 10.2. The molecule has 0 fully saturated rings. The summed E-state index contributed by atoms with van der Waals surface area (Å²) >= 11 is 11.4. The Balaban J connectivity index is 2.48. The summed E-state index contributed by atoms with van der Waals surface area (Å²) < 4.78 is 5.20. The number of halogens is 2. The molecule has 0 unspecified atom stereocenters. The Morgan fingerprint density at radius 3 is 2.80 bits per heavy atom. The van der Waals surface area contributed by atoms with Crippen molar-refractivity contribution < 1.29 is 9.52 Å². The van der Waals surface area contributed by atoms with E-state index in [9.17, 15) is 5.11 Å². The van der Waals surface area contributed by atoms with Gasteiger partial charge in [-0.3, -0.25) is 0 Å². The Kier molecular flexibility index (Phi) is 2.79. The van der Waals surface area contributed by atoms with Gasteiger partial charge >= 0.3 is 0 Å². The van der Waals surface area contributed by atoms with Gasteiger partial charge in [0.25, 0.3) is 0 Å². The molecule has 0 atom stereocenters. The fourth-order valence-electron chi connectivity index (χ4n) is 1.09. The maximum absolute atomic E-state index is 9.29. The lowest BCUT2D eigenvalue weighted by Crippen LogP contribution is -1.79. The van der Waals surface area contributed by atoms with Crippen LogP contribution < -0.4 is 0 Å². The van der Waals surface area contributed by atoms with E-state index in [0.717, 1.165) is 0 Å². The predicted octanol–water partition coefficient (Wildman–Crippen LogP) is 2.83. The molecule has 1 N–H and O–H groups in total. The quantitative estimate of drug-likeness (QED) is 0.826. The van der Waals surface area contributed by atoms with Crippen LogP contribution in [0.15, 0.2) is 22.6 Å². The molecule has 6 heteroatoms. The number of rotatable bonds is 2. The molecule has 0 amide bonds. The Bertz CT molecular complexity index is 485. The fraction of sp³-hybridized carbons (Fsp3) is 0.111. The fourth-order valence-corrected chi connectivity index (χ4v) is 1.40. The lowest BCUT2D eigenvalue weighted by molar-refractivity contribution is 0.474. The summed E-state index contributed by atoms with van der Waals surface area (Å²) in [6.07, 6.45) is 0. The number of aromatic nitrogens is 2. The summed E-state index contributed by atoms with van der Waals surface area (Å²) in [5, 5.41) is 17.2. The Morgan fingerprint density at radius 1 is 1.33 bits per heavy atom. The molecule has 15 heavy (non-hydrogen) atoms. The molecule has 0 aliphatic carbocycles. The number of phenolic OH excluding ortho intramolecular Hbond substituents is 1. The van der Waals surface area contributed by atoms with Crippen molar-refractivity contribution in [2.45, 2.75) is 5.88 Å². The number of hydrogen-bond acceptors (Lipinski definition) is 4. The second kappa shape index (κ2) is 4.08. The Morgan fingerprint density at radius 2 is 2.13 bits per heavy atom. The first-order valence-corrected chi connectivity index (χ1v) is 4.99. The zero-order valence-electron chi connectivity index (χ0n) is 7.44. The van der Waals surface area contributed by atoms with Crippen LogP contribution in [0.3, 0.4) is 0 Å². The molecule has 0 bridgehead atoms. The minimum Gasteiger partial charge on any atom is -0.508 e. The highest BCUT2D eigenvalue weighted by Gasteiger charge is 2.11. The number of phenols is 1. The van der Waals surface area contributed by atoms with Crippen molar-refractivity contribution in [3.8, 4) is 17.2 Å². The Hall–Kier alpha value is -1.26. The molecule has 1 aromatic heterocycles. The van der Waals surface area contributed by atoms with Crippen molar-refractivity contribution in [3.63, 3.8) is 0 Å². The number of benzene rings is 1. The van der Waals surface area contributed by atoms with E-state index in [1.54, 1.807) is 6.07 Å². The first-order chi connectivity index (χ1) is 7.20. The third kappa shape index (κ3) is 2.06. The second-order valence-electron chi connectivity index (χ2n) is 2.80. The predicted molar refractivity (Wildman–Crippen MR) is 56.0 cm³/mol. The van der Waals surface area contributed by atoms with Crippen molar-refractivity contribution in [3.05, 3.63) is 29.1 Å². The van der Waals surface area contributed by atoms with Gasteiger partial charge in [-0.25, -0.2) is 0 Å². The van der Waals surface area contributed by atoms with Gasteiger partial charge in [-0.05, 0) is 18.2 Å². The summed E-state index contributed by atoms with van der Waals surface area (Å²) in [5.41, 5.74) is 0.487. The average Bonchev–Trinajstić information content (AvgIpc) is 2.70. The smallest absolute Gasteiger partial charge is 0.249 e. The first kappa shape index (κ1) is 10.3. The van der Waals surface area contributed by atoms with Crippen LogP contribution in [-0.4, -0.2) is 15.3 Å². The number of alkyl halides is 1. The topological polar surface area (TPSA) is 59.2 Å². The van der Waals surface area contributed by atoms with Gasteiger partial charge < -0.3 is 9.52 Å². The minimum absolute atomic E-state index is 0.0834. The summed E-state index contributed by atoms with van der Waals surface area (Å²) in [6.45, 7) is 0. The van der Waals surface area contributed by atoms with Gasteiger partial charge in [-0.1, -0.05) is 11.6 Å². The largest absolute Gasteiger partial charge is 0.508 e. The van der Waals surface area contributed by atoms with E-state index in [1.165, 1.54) is 12.1 Å². The third-order valence-corrected chi connectivity index (χ3v) is 2.32. The van der Waals surface area contributed by atoms with Crippen LogP contribution in [0.4, 0.5) is 0 Å². The molecule has 0 saturated carbocycles. The number of nitrogens with zero attached hydrogens (tertiary/aromatic N) is 2. The molecule has 2 rings (SSSR count). The molecule has 0 radical (unpaired) electrons. The maximum Gasteiger partial charge on any atom is 0.249 e. The highest BCUT2D eigenvalue weighted by molar-refractivity contribution is 6.33. The van der Waals surface area contributed by atoms with Crippen LogP contribution in [0.1, 0.15) is 5.89 Å². The molecule has 0 aliphatic rings. The van der Waals surface area contributed by atoms with Crippen molar-refractivity contribution in [2.75, 3.05) is 0 Å². The van der Waals surface area contributed by atoms with Gasteiger partial charge in [-0.15, -0.1) is 21.8 Å². The standard InChI is InChI=1S/C9H6Cl2N2O2/c10-4-8-12-13-9(15-8)6-3-5(14)1-2-7(6)11/h1-3,14H,4H2. The molecule has 0 saturated heterocycles. The molecule has 2 aromatic rings. The average molecular weight is 245 g/mol. The highest BCUT2D eigenvalue weighted by Crippen LogP contribution is 2.30. The van der Waals surface area contributed by atoms with Crippen molar-refractivity contribution in [1.29, 1.82) is 0 Å². The molecule has 0 aliphatic heterocycles. The van der Waals surface area contributed by atoms with Gasteiger partial charge in [-0.2, -0.15) is 0 Å². The van der Waals surface area contributed by atoms with Crippen molar-refractivity contribution in [1.82, 2.24) is 10.2 Å². The van der Waals surface area contributed by atoms with Crippen molar-refractivity contribution in [2.24, 2.45) is 0 Å². The van der Waals surface area contributed by atoms with Crippen molar-refractivity contribution >= 4 is 23.2 Å². The van der Waals surface area contributed by atoms with Gasteiger partial charge in [0.15, 0.2) is 0 Å². The lowest BCUT2D eigenvalue weighted by Gasteiger charge is -1.98. The highest BCUT2D eigenvalue weighted by atomic mass is 35.5. The van der Waals surface area contributed by atoms with Crippen LogP contribution in [-0.2, 0) is 5.88 Å². The van der Waals surface area contributed by atoms with Gasteiger partial charge in [0.1, 0.15) is 11.6 Å². The number of aromatic hydroxyl groups is 1. The van der Waals surface area contributed by atoms with Crippen LogP contribution in [0.5, 0.6) is 5.75 Å². The molecule has 1 heterocycles. The molecular weight excluding hydrogens is 239 g/mol. The van der Waals surface area contributed by atoms with Gasteiger partial charge in [0, 0.05) is 0 Å². The van der Waals surface area contributed by atoms with E-state index in [4.69, 9.17) is 27.6 Å². The Labute approximate surface area is 95.5 Å². The number of hydrogen-bond donors (Lipinski definition) is 1. The van der Waals surface area contributed by atoms with Gasteiger partial charge in [0.2, 0.25) is 11.8 Å². The molecule has 1 aromatic carbocycles. The van der Waals surface area contributed by atoms with E-state index in [0.29, 0.717) is 16.5 Å². The summed E-state index contributed by atoms with van der Waals surface area (Å²) in [4.78, 5) is 0. The summed E-state index contributed by atoms with van der Waals surface area (Å²) in [5.74, 6) is 0.779. The minimum atomic E-state index is 0.0834. The van der Waals surface area contributed by atoms with E-state index in [2.05, 4.69) is 10.2 Å². The second-order valence-corrected chi connectivity index (χ2v) is 3.47. The molecular formula is C9H6Cl2N2O2. The van der Waals surface area contributed by atoms with Gasteiger partial charge in [0.05, 0.1) is 10.6 Å². The maximum atomic E-state index is 9.29. The van der Waals surface area contributed by atoms with Crippen LogP contribution >= 0.6 is 23.2 Å². The molecule has 0 spiro atoms. The zero-order chi connectivity index (χ0) is 10.8. The zero-order valence-corrected chi connectivity index (χ0v) is 8.96. The molecule has 78 valence electrons. The molecule has 4 nitrogen and oxygen atoms in total. The van der Waals surface area contributed by atoms with Crippen LogP contribution in [0.2, 0.25) is 5.02 Å². The monoisotopic (exact) mass is 244 g/mol. The van der Waals surface area contributed by atoms with Crippen LogP contribution in [0.25, 0.3) is 11.5 Å². The van der Waals surface area contributed by atoms with E-state index in [1.807, 2.05) is 0 Å². The summed E-state index contributed by atoms with van der Waals surface area (Å²) in [6, 6.07) is 4.48. The van der Waals surface area contributed by atoms with E-state index < -0.39 is 0 Å². The third-order valence-electron chi connectivity index (χ3n) is 1.76. The SMILES string of the molecule is Oc1ccc(Cl)c(-c2nnc(CCl)o2)c1. The van der Waals surface area contributed by atoms with E-state index >= 15 is 0 Å². The van der Waals surface area contributed by atoms with E-state index in [-0.39, 0.29) is 17.5 Å². The van der Waals surface area contributed by atoms with Crippen LogP contribution in [0, 0.1) is 0 Å².